The van der Waals surface area contributed by atoms with Crippen LogP contribution in [-0.2, 0) is 9.36 Å². The fourth-order valence-electron chi connectivity index (χ4n) is 9.03. The average Bonchev–Trinajstić information content (AvgIpc) is 3.05. The van der Waals surface area contributed by atoms with E-state index in [4.69, 9.17) is 0 Å². The van der Waals surface area contributed by atoms with Gasteiger partial charge in [-0.05, 0) is 97.7 Å². The number of fused-ring (bicyclic) bond motifs is 5. The standard InChI is InChI=1S/C24H41O8P/c1-12(8-19(22(28)29)33(30,31)32)15-4-5-16-21-17(11-20(27)24(15,16)3)23(2)7-6-14(25)9-13(23)10-18(21)26/h12-21,25-27H,4-11H2,1-3H3,(H,28,29)(H2,30,31,32). The van der Waals surface area contributed by atoms with Crippen molar-refractivity contribution in [3.63, 3.8) is 0 Å². The van der Waals surface area contributed by atoms with E-state index in [1.54, 1.807) is 0 Å². The molecule has 12 atom stereocenters. The molecular formula is C24H41O8P. The number of aliphatic hydroxyl groups excluding tert-OH is 3. The maximum Gasteiger partial charge on any atom is 0.339 e. The monoisotopic (exact) mass is 488 g/mol. The smallest absolute Gasteiger partial charge is 0.339 e. The maximum absolute atomic E-state index is 11.8. The second-order valence-corrected chi connectivity index (χ2v) is 14.0. The molecule has 190 valence electrons. The zero-order chi connectivity index (χ0) is 24.5. The summed E-state index contributed by atoms with van der Waals surface area (Å²) in [6.45, 7) is 6.17. The highest BCUT2D eigenvalue weighted by Crippen LogP contribution is 2.68. The number of aliphatic carboxylic acids is 1. The molecule has 0 aromatic carbocycles. The molecule has 0 aromatic rings. The minimum absolute atomic E-state index is 0.0238. The van der Waals surface area contributed by atoms with E-state index in [1.807, 2.05) is 13.8 Å². The maximum atomic E-state index is 11.8. The molecular weight excluding hydrogens is 447 g/mol. The van der Waals surface area contributed by atoms with Gasteiger partial charge in [-0.1, -0.05) is 20.8 Å². The van der Waals surface area contributed by atoms with Crippen molar-refractivity contribution in [2.75, 3.05) is 0 Å². The van der Waals surface area contributed by atoms with Crippen LogP contribution in [0.2, 0.25) is 0 Å². The third-order valence-corrected chi connectivity index (χ3v) is 12.1. The molecule has 0 aliphatic heterocycles. The molecule has 4 saturated carbocycles. The van der Waals surface area contributed by atoms with Crippen molar-refractivity contribution in [2.45, 2.75) is 96.1 Å². The molecule has 4 aliphatic carbocycles. The lowest BCUT2D eigenvalue weighted by Gasteiger charge is -2.63. The fourth-order valence-corrected chi connectivity index (χ4v) is 9.93. The van der Waals surface area contributed by atoms with Crippen LogP contribution in [0.5, 0.6) is 0 Å². The Morgan fingerprint density at radius 1 is 1.03 bits per heavy atom. The Labute approximate surface area is 195 Å². The number of carboxylic acids is 1. The number of hydrogen-bond acceptors (Lipinski definition) is 5. The van der Waals surface area contributed by atoms with Gasteiger partial charge < -0.3 is 30.2 Å². The molecule has 4 rings (SSSR count). The zero-order valence-electron chi connectivity index (χ0n) is 19.9. The zero-order valence-corrected chi connectivity index (χ0v) is 20.8. The summed E-state index contributed by atoms with van der Waals surface area (Å²) in [4.78, 5) is 30.7. The summed E-state index contributed by atoms with van der Waals surface area (Å²) in [5, 5.41) is 42.5. The van der Waals surface area contributed by atoms with Crippen LogP contribution in [0.1, 0.15) is 72.1 Å². The van der Waals surface area contributed by atoms with E-state index >= 15 is 0 Å². The molecule has 0 radical (unpaired) electrons. The average molecular weight is 489 g/mol. The Kier molecular flexibility index (Phi) is 6.64. The molecule has 4 fully saturated rings. The fraction of sp³-hybridized carbons (Fsp3) is 0.958. The molecule has 0 amide bonds. The topological polar surface area (TPSA) is 156 Å². The van der Waals surface area contributed by atoms with Crippen molar-refractivity contribution in [1.29, 1.82) is 0 Å². The molecule has 0 spiro atoms. The van der Waals surface area contributed by atoms with E-state index in [0.717, 1.165) is 25.7 Å². The minimum Gasteiger partial charge on any atom is -0.481 e. The van der Waals surface area contributed by atoms with E-state index in [-0.39, 0.29) is 53.4 Å². The largest absolute Gasteiger partial charge is 0.481 e. The highest BCUT2D eigenvalue weighted by atomic mass is 31.2. The van der Waals surface area contributed by atoms with Gasteiger partial charge >= 0.3 is 13.6 Å². The first-order chi connectivity index (χ1) is 15.2. The van der Waals surface area contributed by atoms with Gasteiger partial charge in [-0.25, -0.2) is 0 Å². The van der Waals surface area contributed by atoms with Crippen LogP contribution in [-0.4, -0.2) is 60.2 Å². The van der Waals surface area contributed by atoms with Crippen molar-refractivity contribution in [3.05, 3.63) is 0 Å². The summed E-state index contributed by atoms with van der Waals surface area (Å²) < 4.78 is 11.8. The van der Waals surface area contributed by atoms with Gasteiger partial charge in [0.25, 0.3) is 0 Å². The number of carboxylic acid groups (broad SMARTS) is 1. The van der Waals surface area contributed by atoms with Crippen LogP contribution in [0.25, 0.3) is 0 Å². The summed E-state index contributed by atoms with van der Waals surface area (Å²) >= 11 is 0. The lowest BCUT2D eigenvalue weighted by molar-refractivity contribution is -0.207. The molecule has 12 unspecified atom stereocenters. The molecule has 0 heterocycles. The van der Waals surface area contributed by atoms with Crippen molar-refractivity contribution in [1.82, 2.24) is 0 Å². The van der Waals surface area contributed by atoms with Crippen molar-refractivity contribution in [3.8, 4) is 0 Å². The van der Waals surface area contributed by atoms with Gasteiger partial charge in [-0.15, -0.1) is 0 Å². The van der Waals surface area contributed by atoms with Gasteiger partial charge in [0, 0.05) is 0 Å². The molecule has 0 aromatic heterocycles. The summed E-state index contributed by atoms with van der Waals surface area (Å²) in [6, 6.07) is 0. The third kappa shape index (κ3) is 4.03. The molecule has 8 nitrogen and oxygen atoms in total. The molecule has 6 N–H and O–H groups in total. The summed E-state index contributed by atoms with van der Waals surface area (Å²) in [6.07, 6.45) is 3.59. The first-order valence-corrected chi connectivity index (χ1v) is 14.2. The number of hydrogen-bond donors (Lipinski definition) is 6. The summed E-state index contributed by atoms with van der Waals surface area (Å²) in [5.74, 6) is -1.31. The highest BCUT2D eigenvalue weighted by Gasteiger charge is 2.65. The van der Waals surface area contributed by atoms with Gasteiger partial charge in [0.2, 0.25) is 0 Å². The van der Waals surface area contributed by atoms with Gasteiger partial charge in [0.15, 0.2) is 5.66 Å². The van der Waals surface area contributed by atoms with Crippen LogP contribution in [0.15, 0.2) is 0 Å². The Balaban J connectivity index is 1.61. The number of rotatable bonds is 5. The van der Waals surface area contributed by atoms with Crippen molar-refractivity contribution < 1.29 is 39.6 Å². The quantitative estimate of drug-likeness (QED) is 0.323. The Morgan fingerprint density at radius 3 is 2.30 bits per heavy atom. The van der Waals surface area contributed by atoms with Crippen LogP contribution >= 0.6 is 7.60 Å². The van der Waals surface area contributed by atoms with Gasteiger partial charge in [0.1, 0.15) is 0 Å². The first kappa shape index (κ1) is 25.6. The number of carbonyl (C=O) groups is 1. The molecule has 9 heteroatoms. The first-order valence-electron chi connectivity index (χ1n) is 12.5. The molecule has 0 saturated heterocycles. The van der Waals surface area contributed by atoms with Crippen LogP contribution in [0.4, 0.5) is 0 Å². The summed E-state index contributed by atoms with van der Waals surface area (Å²) in [7, 11) is -4.79. The van der Waals surface area contributed by atoms with Gasteiger partial charge in [-0.2, -0.15) is 0 Å². The molecule has 33 heavy (non-hydrogen) atoms. The molecule has 4 aliphatic rings. The van der Waals surface area contributed by atoms with Crippen LogP contribution in [0, 0.1) is 46.3 Å². The van der Waals surface area contributed by atoms with Crippen LogP contribution in [0.3, 0.4) is 0 Å². The highest BCUT2D eigenvalue weighted by molar-refractivity contribution is 7.53. The Bertz CT molecular complexity index is 814. The SMILES string of the molecule is CC(CC(C(=O)O)P(=O)(O)O)C1CCC2C3C(O)CC4CC(O)CCC4(C)C3CC(O)C12C. The second kappa shape index (κ2) is 8.56. The van der Waals surface area contributed by atoms with E-state index in [0.29, 0.717) is 19.3 Å². The summed E-state index contributed by atoms with van der Waals surface area (Å²) in [5.41, 5.74) is -2.29. The van der Waals surface area contributed by atoms with Gasteiger partial charge in [0.05, 0.1) is 18.3 Å². The molecule has 0 bridgehead atoms. The second-order valence-electron chi connectivity index (χ2n) is 12.2. The van der Waals surface area contributed by atoms with E-state index in [2.05, 4.69) is 6.92 Å². The van der Waals surface area contributed by atoms with E-state index < -0.39 is 36.8 Å². The predicted molar refractivity (Wildman–Crippen MR) is 121 cm³/mol. The van der Waals surface area contributed by atoms with Crippen molar-refractivity contribution in [2.24, 2.45) is 46.3 Å². The van der Waals surface area contributed by atoms with Crippen LogP contribution < -0.4 is 0 Å². The lowest BCUT2D eigenvalue weighted by atomic mass is 9.43. The van der Waals surface area contributed by atoms with Gasteiger partial charge in [-0.3, -0.25) is 9.36 Å². The third-order valence-electron chi connectivity index (χ3n) is 10.8. The van der Waals surface area contributed by atoms with E-state index in [9.17, 15) is 39.6 Å². The Morgan fingerprint density at radius 2 is 1.70 bits per heavy atom. The Hall–Kier alpha value is -0.500. The normalized spacial score (nSPS) is 49.5. The van der Waals surface area contributed by atoms with E-state index in [1.165, 1.54) is 0 Å². The minimum atomic E-state index is -4.79. The lowest BCUT2D eigenvalue weighted by Crippen LogP contribution is -2.62. The number of aliphatic hydroxyl groups is 3. The van der Waals surface area contributed by atoms with Crippen molar-refractivity contribution >= 4 is 13.6 Å². The predicted octanol–water partition coefficient (Wildman–Crippen LogP) is 2.60.